The Kier molecular flexibility index (Phi) is 6.46. The molecule has 4 rings (SSSR count). The van der Waals surface area contributed by atoms with Gasteiger partial charge in [0.1, 0.15) is 17.3 Å². The van der Waals surface area contributed by atoms with Crippen molar-refractivity contribution in [2.75, 3.05) is 11.5 Å². The first-order valence-electron chi connectivity index (χ1n) is 10.6. The highest BCUT2D eigenvalue weighted by Crippen LogP contribution is 2.43. The van der Waals surface area contributed by atoms with Gasteiger partial charge in [-0.25, -0.2) is 4.98 Å². The van der Waals surface area contributed by atoms with Crippen LogP contribution in [0.2, 0.25) is 0 Å². The highest BCUT2D eigenvalue weighted by atomic mass is 32.1. The van der Waals surface area contributed by atoms with E-state index in [1.165, 1.54) is 16.2 Å². The smallest absolute Gasteiger partial charge is 0.301 e. The molecular weight excluding hydrogens is 440 g/mol. The minimum atomic E-state index is -0.821. The van der Waals surface area contributed by atoms with Gasteiger partial charge in [0.05, 0.1) is 24.3 Å². The lowest BCUT2D eigenvalue weighted by Gasteiger charge is -2.23. The highest BCUT2D eigenvalue weighted by molar-refractivity contribution is 7.14. The van der Waals surface area contributed by atoms with Crippen LogP contribution in [0.25, 0.3) is 5.76 Å². The number of Topliss-reactive ketones (excluding diaryl/α,β-unsaturated/α-hetero) is 1. The maximum Gasteiger partial charge on any atom is 0.301 e. The van der Waals surface area contributed by atoms with Crippen molar-refractivity contribution in [2.45, 2.75) is 32.9 Å². The number of anilines is 1. The van der Waals surface area contributed by atoms with Gasteiger partial charge in [-0.1, -0.05) is 12.1 Å². The molecule has 1 aromatic heterocycles. The van der Waals surface area contributed by atoms with Crippen molar-refractivity contribution < 1.29 is 24.2 Å². The second-order valence-corrected chi connectivity index (χ2v) is 8.55. The third kappa shape index (κ3) is 4.47. The Balaban J connectivity index is 1.81. The number of thiazole rings is 1. The number of benzene rings is 2. The summed E-state index contributed by atoms with van der Waals surface area (Å²) in [7, 11) is 0. The molecule has 0 radical (unpaired) electrons. The monoisotopic (exact) mass is 464 g/mol. The number of ether oxygens (including phenoxy) is 2. The van der Waals surface area contributed by atoms with Gasteiger partial charge in [0.2, 0.25) is 0 Å². The molecule has 0 spiro atoms. The first-order valence-corrected chi connectivity index (χ1v) is 11.5. The molecule has 1 N–H and O–H groups in total. The maximum absolute atomic E-state index is 13.1. The number of aromatic nitrogens is 1. The van der Waals surface area contributed by atoms with E-state index < -0.39 is 17.7 Å². The zero-order valence-electron chi connectivity index (χ0n) is 18.5. The Hall–Kier alpha value is -3.65. The predicted octanol–water partition coefficient (Wildman–Crippen LogP) is 4.96. The van der Waals surface area contributed by atoms with Crippen LogP contribution < -0.4 is 14.4 Å². The molecule has 170 valence electrons. The van der Waals surface area contributed by atoms with E-state index in [4.69, 9.17) is 9.47 Å². The summed E-state index contributed by atoms with van der Waals surface area (Å²) in [5, 5.41) is 13.3. The largest absolute Gasteiger partial charge is 0.507 e. The Bertz CT molecular complexity index is 1170. The van der Waals surface area contributed by atoms with Gasteiger partial charge in [0.25, 0.3) is 5.78 Å². The van der Waals surface area contributed by atoms with Crippen LogP contribution in [0.4, 0.5) is 5.13 Å². The summed E-state index contributed by atoms with van der Waals surface area (Å²) in [5.41, 5.74) is 1.09. The minimum absolute atomic E-state index is 0.00715. The molecule has 8 heteroatoms. The standard InChI is InChI=1S/C25H24N2O5S/c1-4-31-18-9-5-16(6-10-18)21-20(23(29)24(30)27(21)25-26-13-14-33-25)22(28)17-7-11-19(12-8-17)32-15(2)3/h5-15,21,28H,4H2,1-3H3/b22-20+. The number of hydrogen-bond donors (Lipinski definition) is 1. The molecule has 0 bridgehead atoms. The molecule has 3 aromatic rings. The van der Waals surface area contributed by atoms with Gasteiger partial charge in [0.15, 0.2) is 5.13 Å². The van der Waals surface area contributed by atoms with E-state index in [1.807, 2.05) is 20.8 Å². The molecule has 1 fully saturated rings. The van der Waals surface area contributed by atoms with E-state index >= 15 is 0 Å². The fraction of sp³-hybridized carbons (Fsp3) is 0.240. The third-order valence-electron chi connectivity index (χ3n) is 5.08. The average molecular weight is 465 g/mol. The fourth-order valence-corrected chi connectivity index (χ4v) is 4.38. The fourth-order valence-electron chi connectivity index (χ4n) is 3.71. The second kappa shape index (κ2) is 9.46. The Labute approximate surface area is 195 Å². The summed E-state index contributed by atoms with van der Waals surface area (Å²) in [5.74, 6) is -0.419. The van der Waals surface area contributed by atoms with E-state index in [0.29, 0.717) is 34.4 Å². The van der Waals surface area contributed by atoms with Gasteiger partial charge < -0.3 is 14.6 Å². The maximum atomic E-state index is 13.1. The molecule has 0 saturated carbocycles. The number of aliphatic hydroxyl groups is 1. The van der Waals surface area contributed by atoms with Crippen LogP contribution in [-0.2, 0) is 9.59 Å². The highest BCUT2D eigenvalue weighted by Gasteiger charge is 2.47. The van der Waals surface area contributed by atoms with Gasteiger partial charge in [-0.3, -0.25) is 14.5 Å². The number of carbonyl (C=O) groups is 2. The number of ketones is 1. The van der Waals surface area contributed by atoms with Gasteiger partial charge >= 0.3 is 5.91 Å². The quantitative estimate of drug-likeness (QED) is 0.302. The van der Waals surface area contributed by atoms with Gasteiger partial charge in [-0.05, 0) is 62.7 Å². The van der Waals surface area contributed by atoms with Crippen LogP contribution in [0.5, 0.6) is 11.5 Å². The lowest BCUT2D eigenvalue weighted by molar-refractivity contribution is -0.132. The second-order valence-electron chi connectivity index (χ2n) is 7.68. The molecule has 1 atom stereocenters. The molecule has 33 heavy (non-hydrogen) atoms. The number of nitrogens with zero attached hydrogens (tertiary/aromatic N) is 2. The molecule has 1 amide bonds. The van der Waals surface area contributed by atoms with E-state index in [1.54, 1.807) is 60.1 Å². The van der Waals surface area contributed by atoms with Gasteiger partial charge in [0, 0.05) is 17.1 Å². The molecule has 0 aliphatic carbocycles. The van der Waals surface area contributed by atoms with Crippen molar-refractivity contribution >= 4 is 33.9 Å². The Morgan fingerprint density at radius 3 is 2.33 bits per heavy atom. The first-order chi connectivity index (χ1) is 15.9. The molecule has 2 aromatic carbocycles. The normalized spacial score (nSPS) is 17.6. The van der Waals surface area contributed by atoms with Crippen molar-refractivity contribution in [2.24, 2.45) is 0 Å². The van der Waals surface area contributed by atoms with Crippen molar-refractivity contribution in [3.63, 3.8) is 0 Å². The number of rotatable bonds is 7. The summed E-state index contributed by atoms with van der Waals surface area (Å²) < 4.78 is 11.2. The number of hydrogen-bond acceptors (Lipinski definition) is 7. The summed E-state index contributed by atoms with van der Waals surface area (Å²) in [6, 6.07) is 13.1. The van der Waals surface area contributed by atoms with E-state index in [2.05, 4.69) is 4.98 Å². The molecule has 7 nitrogen and oxygen atoms in total. The average Bonchev–Trinajstić information content (AvgIpc) is 3.41. The van der Waals surface area contributed by atoms with Crippen LogP contribution in [0.1, 0.15) is 37.9 Å². The summed E-state index contributed by atoms with van der Waals surface area (Å²) in [6.07, 6.45) is 1.58. The molecular formula is C25H24N2O5S. The predicted molar refractivity (Wildman–Crippen MR) is 127 cm³/mol. The first kappa shape index (κ1) is 22.5. The molecule has 1 saturated heterocycles. The molecule has 1 aliphatic rings. The topological polar surface area (TPSA) is 89.0 Å². The van der Waals surface area contributed by atoms with Crippen molar-refractivity contribution in [3.8, 4) is 11.5 Å². The summed E-state index contributed by atoms with van der Waals surface area (Å²) in [4.78, 5) is 31.7. The summed E-state index contributed by atoms with van der Waals surface area (Å²) >= 11 is 1.25. The molecule has 2 heterocycles. The van der Waals surface area contributed by atoms with Gasteiger partial charge in [-0.2, -0.15) is 0 Å². The number of aliphatic hydroxyl groups excluding tert-OH is 1. The Morgan fingerprint density at radius 1 is 1.09 bits per heavy atom. The molecule has 1 aliphatic heterocycles. The molecule has 1 unspecified atom stereocenters. The zero-order chi connectivity index (χ0) is 23.5. The third-order valence-corrected chi connectivity index (χ3v) is 5.85. The lowest BCUT2D eigenvalue weighted by Crippen LogP contribution is -2.29. The van der Waals surface area contributed by atoms with Crippen molar-refractivity contribution in [1.29, 1.82) is 0 Å². The van der Waals surface area contributed by atoms with Crippen LogP contribution in [-0.4, -0.2) is 34.5 Å². The van der Waals surface area contributed by atoms with Crippen LogP contribution in [0, 0.1) is 0 Å². The van der Waals surface area contributed by atoms with Crippen LogP contribution >= 0.6 is 11.3 Å². The van der Waals surface area contributed by atoms with E-state index in [-0.39, 0.29) is 17.4 Å². The van der Waals surface area contributed by atoms with E-state index in [0.717, 1.165) is 0 Å². The number of carbonyl (C=O) groups excluding carboxylic acids is 2. The Morgan fingerprint density at radius 2 is 1.76 bits per heavy atom. The van der Waals surface area contributed by atoms with E-state index in [9.17, 15) is 14.7 Å². The summed E-state index contributed by atoms with van der Waals surface area (Å²) in [6.45, 7) is 6.26. The van der Waals surface area contributed by atoms with Crippen molar-refractivity contribution in [3.05, 3.63) is 76.8 Å². The van der Waals surface area contributed by atoms with Crippen LogP contribution in [0.15, 0.2) is 65.7 Å². The van der Waals surface area contributed by atoms with Crippen LogP contribution in [0.3, 0.4) is 0 Å². The van der Waals surface area contributed by atoms with Crippen molar-refractivity contribution in [1.82, 2.24) is 4.98 Å². The lowest BCUT2D eigenvalue weighted by atomic mass is 9.95. The van der Waals surface area contributed by atoms with Gasteiger partial charge in [-0.15, -0.1) is 11.3 Å². The number of amides is 1. The minimum Gasteiger partial charge on any atom is -0.507 e. The zero-order valence-corrected chi connectivity index (χ0v) is 19.3. The SMILES string of the molecule is CCOc1ccc(C2/C(=C(\O)c3ccc(OC(C)C)cc3)C(=O)C(=O)N2c2nccs2)cc1.